The number of hydrogen-bond donors (Lipinski definition) is 0. The Morgan fingerprint density at radius 2 is 1.77 bits per heavy atom. The predicted octanol–water partition coefficient (Wildman–Crippen LogP) is 2.25. The molecule has 2 atom stereocenters. The molecule has 0 radical (unpaired) electrons. The number of carbonyl (C=O) groups is 2. The fraction of sp³-hybridized carbons (Fsp3) is 0.455. The Hall–Kier alpha value is -3.16. The molecule has 3 amide bonds. The Balaban J connectivity index is 1.67. The van der Waals surface area contributed by atoms with Crippen molar-refractivity contribution in [2.75, 3.05) is 14.1 Å². The highest BCUT2D eigenvalue weighted by molar-refractivity contribution is 6.04. The number of fused-ring (bicyclic) bond motifs is 1. The molecule has 2 aliphatic rings. The van der Waals surface area contributed by atoms with E-state index in [0.717, 1.165) is 35.4 Å². The van der Waals surface area contributed by atoms with Crippen LogP contribution in [-0.4, -0.2) is 68.7 Å². The van der Waals surface area contributed by atoms with Crippen LogP contribution in [-0.2, 0) is 24.2 Å². The van der Waals surface area contributed by atoms with E-state index >= 15 is 0 Å². The topological polar surface area (TPSA) is 74.0 Å². The van der Waals surface area contributed by atoms with Crippen LogP contribution in [0, 0.1) is 6.92 Å². The average Bonchev–Trinajstić information content (AvgIpc) is 3.31. The summed E-state index contributed by atoms with van der Waals surface area (Å²) in [5, 5.41) is 4.67. The van der Waals surface area contributed by atoms with Gasteiger partial charge in [-0.05, 0) is 37.0 Å². The van der Waals surface area contributed by atoms with Crippen molar-refractivity contribution < 1.29 is 9.59 Å². The molecule has 30 heavy (non-hydrogen) atoms. The molecule has 4 rings (SSSR count). The summed E-state index contributed by atoms with van der Waals surface area (Å²) in [6.07, 6.45) is 1.07. The number of aliphatic imine (C=N–C) groups is 1. The van der Waals surface area contributed by atoms with Crippen LogP contribution < -0.4 is 0 Å². The first kappa shape index (κ1) is 20.1. The van der Waals surface area contributed by atoms with Gasteiger partial charge in [0.25, 0.3) is 5.91 Å². The fourth-order valence-corrected chi connectivity index (χ4v) is 4.13. The number of likely N-dealkylation sites (N-methyl/N-ethyl adjacent to an activating group) is 2. The third-order valence-corrected chi connectivity index (χ3v) is 6.05. The number of carbonyl (C=O) groups excluding carboxylic acids is 2. The van der Waals surface area contributed by atoms with Crippen molar-refractivity contribution in [3.63, 3.8) is 0 Å². The van der Waals surface area contributed by atoms with Gasteiger partial charge in [-0.1, -0.05) is 38.1 Å². The third-order valence-electron chi connectivity index (χ3n) is 6.05. The normalized spacial score (nSPS) is 21.4. The quantitative estimate of drug-likeness (QED) is 0.778. The molecular formula is C22H28N6O2. The molecule has 1 aromatic carbocycles. The molecule has 1 aromatic heterocycles. The van der Waals surface area contributed by atoms with Crippen LogP contribution >= 0.6 is 0 Å². The lowest BCUT2D eigenvalue weighted by atomic mass is 10.1. The molecular weight excluding hydrogens is 380 g/mol. The number of urea groups is 1. The lowest BCUT2D eigenvalue weighted by molar-refractivity contribution is -0.137. The van der Waals surface area contributed by atoms with E-state index in [2.05, 4.69) is 25.0 Å². The molecule has 0 spiro atoms. The van der Waals surface area contributed by atoms with Crippen molar-refractivity contribution in [2.24, 2.45) is 4.99 Å². The fourth-order valence-electron chi connectivity index (χ4n) is 4.13. The van der Waals surface area contributed by atoms with Crippen molar-refractivity contribution in [1.82, 2.24) is 24.5 Å². The summed E-state index contributed by atoms with van der Waals surface area (Å²) in [5.41, 5.74) is 4.03. The van der Waals surface area contributed by atoms with E-state index < -0.39 is 12.2 Å². The maximum absolute atomic E-state index is 13.4. The Bertz CT molecular complexity index is 1030. The smallest absolute Gasteiger partial charge is 0.328 e. The molecule has 0 aliphatic carbocycles. The van der Waals surface area contributed by atoms with Gasteiger partial charge in [-0.2, -0.15) is 5.10 Å². The summed E-state index contributed by atoms with van der Waals surface area (Å²) in [6, 6.07) is 8.99. The minimum atomic E-state index is -0.564. The first-order chi connectivity index (χ1) is 14.4. The van der Waals surface area contributed by atoms with Crippen LogP contribution in [0.3, 0.4) is 0 Å². The molecule has 158 valence electrons. The Labute approximate surface area is 176 Å². The predicted molar refractivity (Wildman–Crippen MR) is 114 cm³/mol. The van der Waals surface area contributed by atoms with E-state index in [9.17, 15) is 9.59 Å². The molecule has 1 saturated heterocycles. The molecule has 1 fully saturated rings. The van der Waals surface area contributed by atoms with E-state index in [-0.39, 0.29) is 18.5 Å². The number of aromatic nitrogens is 2. The van der Waals surface area contributed by atoms with E-state index in [0.29, 0.717) is 5.96 Å². The number of rotatable bonds is 4. The van der Waals surface area contributed by atoms with Gasteiger partial charge in [-0.25, -0.2) is 14.5 Å². The molecule has 2 unspecified atom stereocenters. The standard InChI is InChI=1S/C22H28N6O2/c1-6-16-12-17(7-2)28(24-16)21-23-19-18(25(21)4)20(29)27(22(30)26(19)5)13-15-11-9-8-10-14(15)3/h8-12,18-19H,6-7,13H2,1-5H3. The summed E-state index contributed by atoms with van der Waals surface area (Å²) in [6.45, 7) is 6.37. The van der Waals surface area contributed by atoms with Gasteiger partial charge in [0.1, 0.15) is 0 Å². The molecule has 0 saturated carbocycles. The molecule has 0 N–H and O–H groups in total. The molecule has 2 aromatic rings. The molecule has 3 heterocycles. The summed E-state index contributed by atoms with van der Waals surface area (Å²) < 4.78 is 1.81. The van der Waals surface area contributed by atoms with Crippen molar-refractivity contribution >= 4 is 17.9 Å². The molecule has 8 nitrogen and oxygen atoms in total. The molecule has 0 bridgehead atoms. The summed E-state index contributed by atoms with van der Waals surface area (Å²) in [5.74, 6) is 0.376. The van der Waals surface area contributed by atoms with E-state index in [1.807, 2.05) is 47.8 Å². The highest BCUT2D eigenvalue weighted by Crippen LogP contribution is 2.29. The second-order valence-corrected chi connectivity index (χ2v) is 7.89. The lowest BCUT2D eigenvalue weighted by Gasteiger charge is -2.40. The van der Waals surface area contributed by atoms with Crippen LogP contribution in [0.1, 0.15) is 36.4 Å². The number of benzene rings is 1. The first-order valence-corrected chi connectivity index (χ1v) is 10.4. The van der Waals surface area contributed by atoms with Crippen LogP contribution in [0.2, 0.25) is 0 Å². The lowest BCUT2D eigenvalue weighted by Crippen LogP contribution is -2.64. The van der Waals surface area contributed by atoms with Crippen LogP contribution in [0.4, 0.5) is 4.79 Å². The SMILES string of the molecule is CCc1cc(CC)n(C2=NC3C(C(=O)N(Cc4ccccc4C)C(=O)N3C)N2C)n1. The van der Waals surface area contributed by atoms with Gasteiger partial charge in [0.15, 0.2) is 12.2 Å². The zero-order valence-corrected chi connectivity index (χ0v) is 18.2. The number of aryl methyl sites for hydroxylation is 3. The summed E-state index contributed by atoms with van der Waals surface area (Å²) in [7, 11) is 3.56. The Morgan fingerprint density at radius 3 is 2.43 bits per heavy atom. The van der Waals surface area contributed by atoms with Gasteiger partial charge in [-0.3, -0.25) is 9.69 Å². The first-order valence-electron chi connectivity index (χ1n) is 10.4. The van der Waals surface area contributed by atoms with Gasteiger partial charge in [0.05, 0.1) is 12.2 Å². The Kier molecular flexibility index (Phi) is 5.09. The minimum Gasteiger partial charge on any atom is -0.328 e. The van der Waals surface area contributed by atoms with E-state index in [4.69, 9.17) is 4.99 Å². The van der Waals surface area contributed by atoms with Crippen LogP contribution in [0.25, 0.3) is 0 Å². The molecule has 8 heteroatoms. The van der Waals surface area contributed by atoms with Gasteiger partial charge >= 0.3 is 6.03 Å². The second kappa shape index (κ2) is 7.59. The van der Waals surface area contributed by atoms with Gasteiger partial charge in [0.2, 0.25) is 5.96 Å². The molecule has 2 aliphatic heterocycles. The number of hydrogen-bond acceptors (Lipinski definition) is 5. The van der Waals surface area contributed by atoms with E-state index in [1.165, 1.54) is 4.90 Å². The summed E-state index contributed by atoms with van der Waals surface area (Å²) in [4.78, 5) is 36.0. The number of amides is 3. The monoisotopic (exact) mass is 408 g/mol. The van der Waals surface area contributed by atoms with E-state index in [1.54, 1.807) is 11.9 Å². The van der Waals surface area contributed by atoms with Crippen molar-refractivity contribution in [1.29, 1.82) is 0 Å². The van der Waals surface area contributed by atoms with Crippen molar-refractivity contribution in [2.45, 2.75) is 52.4 Å². The van der Waals surface area contributed by atoms with Crippen molar-refractivity contribution in [3.8, 4) is 0 Å². The zero-order valence-electron chi connectivity index (χ0n) is 18.2. The largest absolute Gasteiger partial charge is 0.328 e. The highest BCUT2D eigenvalue weighted by Gasteiger charge is 2.51. The second-order valence-electron chi connectivity index (χ2n) is 7.89. The number of imide groups is 1. The van der Waals surface area contributed by atoms with Gasteiger partial charge in [0, 0.05) is 19.8 Å². The highest BCUT2D eigenvalue weighted by atomic mass is 16.2. The van der Waals surface area contributed by atoms with Crippen LogP contribution in [0.5, 0.6) is 0 Å². The van der Waals surface area contributed by atoms with Gasteiger partial charge in [-0.15, -0.1) is 0 Å². The maximum Gasteiger partial charge on any atom is 0.328 e. The number of nitrogens with zero attached hydrogens (tertiary/aromatic N) is 6. The third kappa shape index (κ3) is 3.07. The van der Waals surface area contributed by atoms with Crippen molar-refractivity contribution in [3.05, 3.63) is 52.8 Å². The van der Waals surface area contributed by atoms with Gasteiger partial charge < -0.3 is 9.80 Å². The maximum atomic E-state index is 13.4. The average molecular weight is 409 g/mol. The summed E-state index contributed by atoms with van der Waals surface area (Å²) >= 11 is 0. The Morgan fingerprint density at radius 1 is 1.03 bits per heavy atom. The zero-order chi connectivity index (χ0) is 21.6. The van der Waals surface area contributed by atoms with Crippen LogP contribution in [0.15, 0.2) is 35.3 Å². The minimum absolute atomic E-state index is 0.228.